The fraction of sp³-hybridized carbons (Fsp3) is 0.364. The first kappa shape index (κ1) is 10.3. The summed E-state index contributed by atoms with van der Waals surface area (Å²) in [6.45, 7) is 4.20. The van der Waals surface area contributed by atoms with E-state index in [1.807, 2.05) is 26.0 Å². The van der Waals surface area contributed by atoms with Gasteiger partial charge < -0.3 is 4.74 Å². The molecule has 0 N–H and O–H groups in total. The lowest BCUT2D eigenvalue weighted by Crippen LogP contribution is -2.40. The van der Waals surface area contributed by atoms with Crippen LogP contribution in [0.5, 0.6) is 0 Å². The third-order valence-electron chi connectivity index (χ3n) is 2.37. The lowest BCUT2D eigenvalue weighted by Gasteiger charge is -2.31. The largest absolute Gasteiger partial charge is 0.444 e. The van der Waals surface area contributed by atoms with Crippen LogP contribution in [-0.2, 0) is 11.3 Å². The number of hydrogen-bond donors (Lipinski definition) is 0. The van der Waals surface area contributed by atoms with Gasteiger partial charge in [0.15, 0.2) is 0 Å². The van der Waals surface area contributed by atoms with Crippen molar-refractivity contribution in [2.24, 2.45) is 0 Å². The Balaban J connectivity index is 2.48. The molecule has 0 unspecified atom stereocenters. The second-order valence-electron chi connectivity index (χ2n) is 3.79. The number of hydrogen-bond acceptors (Lipinski definition) is 2. The molecule has 80 valence electrons. The van der Waals surface area contributed by atoms with Crippen molar-refractivity contribution in [3.8, 4) is 0 Å². The molecule has 0 radical (unpaired) electrons. The van der Waals surface area contributed by atoms with Gasteiger partial charge in [-0.05, 0) is 32.0 Å². The number of carbonyl (C=O) groups excluding carboxylic acids is 1. The van der Waals surface area contributed by atoms with Gasteiger partial charge in [0.05, 0.1) is 5.69 Å². The van der Waals surface area contributed by atoms with E-state index in [1.54, 1.807) is 11.0 Å². The third kappa shape index (κ3) is 1.79. The van der Waals surface area contributed by atoms with Crippen LogP contribution in [-0.4, -0.2) is 12.1 Å². The summed E-state index contributed by atoms with van der Waals surface area (Å²) in [5, 5.41) is 0.662. The molecule has 1 aromatic carbocycles. The zero-order chi connectivity index (χ0) is 11.0. The number of fused-ring (bicyclic) bond motifs is 1. The van der Waals surface area contributed by atoms with E-state index in [0.717, 1.165) is 11.3 Å². The normalized spacial score (nSPS) is 15.2. The van der Waals surface area contributed by atoms with Crippen molar-refractivity contribution in [1.29, 1.82) is 0 Å². The van der Waals surface area contributed by atoms with Gasteiger partial charge in [0.2, 0.25) is 0 Å². The number of carbonyl (C=O) groups is 1. The molecule has 0 atom stereocenters. The average molecular weight is 226 g/mol. The molecule has 0 aromatic heterocycles. The highest BCUT2D eigenvalue weighted by Crippen LogP contribution is 2.30. The van der Waals surface area contributed by atoms with Gasteiger partial charge in [0.1, 0.15) is 6.61 Å². The Morgan fingerprint density at radius 3 is 2.87 bits per heavy atom. The average Bonchev–Trinajstić information content (AvgIpc) is 2.17. The van der Waals surface area contributed by atoms with Gasteiger partial charge in [0, 0.05) is 16.6 Å². The van der Waals surface area contributed by atoms with Gasteiger partial charge in [-0.25, -0.2) is 4.79 Å². The number of rotatable bonds is 1. The summed E-state index contributed by atoms with van der Waals surface area (Å²) in [5.41, 5.74) is 1.85. The topological polar surface area (TPSA) is 29.5 Å². The number of amides is 1. The van der Waals surface area contributed by atoms with E-state index in [0.29, 0.717) is 11.6 Å². The maximum atomic E-state index is 11.6. The summed E-state index contributed by atoms with van der Waals surface area (Å²) >= 11 is 5.88. The number of halogens is 1. The molecule has 0 saturated carbocycles. The van der Waals surface area contributed by atoms with E-state index in [9.17, 15) is 4.79 Å². The van der Waals surface area contributed by atoms with Crippen molar-refractivity contribution < 1.29 is 9.53 Å². The Bertz CT molecular complexity index is 404. The Labute approximate surface area is 93.6 Å². The molecule has 2 rings (SSSR count). The quantitative estimate of drug-likeness (QED) is 0.735. The predicted octanol–water partition coefficient (Wildman–Crippen LogP) is 3.21. The first-order valence-electron chi connectivity index (χ1n) is 4.84. The van der Waals surface area contributed by atoms with Crippen molar-refractivity contribution in [2.45, 2.75) is 26.5 Å². The molecule has 15 heavy (non-hydrogen) atoms. The van der Waals surface area contributed by atoms with Crippen molar-refractivity contribution >= 4 is 23.4 Å². The Morgan fingerprint density at radius 2 is 2.20 bits per heavy atom. The number of ether oxygens (including phenoxy) is 1. The summed E-state index contributed by atoms with van der Waals surface area (Å²) in [4.78, 5) is 13.2. The molecule has 1 aliphatic rings. The van der Waals surface area contributed by atoms with E-state index >= 15 is 0 Å². The Hall–Kier alpha value is -1.22. The van der Waals surface area contributed by atoms with Crippen LogP contribution in [0.25, 0.3) is 0 Å². The van der Waals surface area contributed by atoms with Crippen LogP contribution in [0.15, 0.2) is 18.2 Å². The van der Waals surface area contributed by atoms with E-state index in [2.05, 4.69) is 0 Å². The highest BCUT2D eigenvalue weighted by Gasteiger charge is 2.27. The van der Waals surface area contributed by atoms with Crippen molar-refractivity contribution in [2.75, 3.05) is 4.90 Å². The number of benzene rings is 1. The summed E-state index contributed by atoms with van der Waals surface area (Å²) in [7, 11) is 0. The molecule has 1 heterocycles. The number of anilines is 1. The van der Waals surface area contributed by atoms with Gasteiger partial charge in [-0.1, -0.05) is 11.6 Å². The van der Waals surface area contributed by atoms with Crippen LogP contribution in [0.1, 0.15) is 19.4 Å². The molecule has 0 fully saturated rings. The smallest absolute Gasteiger partial charge is 0.414 e. The third-order valence-corrected chi connectivity index (χ3v) is 2.60. The lowest BCUT2D eigenvalue weighted by molar-refractivity contribution is 0.140. The molecule has 0 bridgehead atoms. The molecule has 0 saturated heterocycles. The van der Waals surface area contributed by atoms with E-state index in [1.165, 1.54) is 0 Å². The van der Waals surface area contributed by atoms with Gasteiger partial charge in [-0.2, -0.15) is 0 Å². The van der Waals surface area contributed by atoms with Crippen LogP contribution in [0.2, 0.25) is 5.02 Å². The zero-order valence-corrected chi connectivity index (χ0v) is 9.41. The molecule has 0 spiro atoms. The van der Waals surface area contributed by atoms with Crippen molar-refractivity contribution in [3.05, 3.63) is 28.8 Å². The van der Waals surface area contributed by atoms with Gasteiger partial charge in [0.25, 0.3) is 0 Å². The Kier molecular flexibility index (Phi) is 2.57. The fourth-order valence-electron chi connectivity index (χ4n) is 1.70. The molecule has 3 nitrogen and oxygen atoms in total. The zero-order valence-electron chi connectivity index (χ0n) is 8.66. The van der Waals surface area contributed by atoms with Crippen LogP contribution < -0.4 is 4.90 Å². The maximum absolute atomic E-state index is 11.6. The van der Waals surface area contributed by atoms with Crippen LogP contribution >= 0.6 is 11.6 Å². The second kappa shape index (κ2) is 3.74. The SMILES string of the molecule is CC(C)N1C(=O)OCc2cc(Cl)ccc21. The first-order chi connectivity index (χ1) is 7.09. The monoisotopic (exact) mass is 225 g/mol. The summed E-state index contributed by atoms with van der Waals surface area (Å²) in [5.74, 6) is 0. The highest BCUT2D eigenvalue weighted by molar-refractivity contribution is 6.30. The number of nitrogens with zero attached hydrogens (tertiary/aromatic N) is 1. The van der Waals surface area contributed by atoms with Gasteiger partial charge in [-0.3, -0.25) is 4.90 Å². The highest BCUT2D eigenvalue weighted by atomic mass is 35.5. The molecule has 0 aliphatic carbocycles. The second-order valence-corrected chi connectivity index (χ2v) is 4.23. The predicted molar refractivity (Wildman–Crippen MR) is 59.3 cm³/mol. The maximum Gasteiger partial charge on any atom is 0.414 e. The molecule has 4 heteroatoms. The fourth-order valence-corrected chi connectivity index (χ4v) is 1.90. The van der Waals surface area contributed by atoms with Crippen LogP contribution in [0.4, 0.5) is 10.5 Å². The molecular formula is C11H12ClNO2. The van der Waals surface area contributed by atoms with Gasteiger partial charge in [-0.15, -0.1) is 0 Å². The minimum Gasteiger partial charge on any atom is -0.444 e. The molecular weight excluding hydrogens is 214 g/mol. The molecule has 1 aromatic rings. The summed E-state index contributed by atoms with van der Waals surface area (Å²) in [6.07, 6.45) is -0.292. The molecule has 1 aliphatic heterocycles. The van der Waals surface area contributed by atoms with Crippen molar-refractivity contribution in [3.63, 3.8) is 0 Å². The van der Waals surface area contributed by atoms with Crippen molar-refractivity contribution in [1.82, 2.24) is 0 Å². The summed E-state index contributed by atoms with van der Waals surface area (Å²) < 4.78 is 5.06. The van der Waals surface area contributed by atoms with E-state index in [4.69, 9.17) is 16.3 Å². The Morgan fingerprint density at radius 1 is 1.47 bits per heavy atom. The van der Waals surface area contributed by atoms with E-state index in [-0.39, 0.29) is 12.1 Å². The first-order valence-corrected chi connectivity index (χ1v) is 5.22. The van der Waals surface area contributed by atoms with Gasteiger partial charge >= 0.3 is 6.09 Å². The minimum atomic E-state index is -0.292. The molecule has 1 amide bonds. The van der Waals surface area contributed by atoms with Crippen LogP contribution in [0.3, 0.4) is 0 Å². The number of cyclic esters (lactones) is 1. The minimum absolute atomic E-state index is 0.0812. The van der Waals surface area contributed by atoms with Crippen LogP contribution in [0, 0.1) is 0 Å². The standard InChI is InChI=1S/C11H12ClNO2/c1-7(2)13-10-4-3-9(12)5-8(10)6-15-11(13)14/h3-5,7H,6H2,1-2H3. The summed E-state index contributed by atoms with van der Waals surface area (Å²) in [6, 6.07) is 5.56. The van der Waals surface area contributed by atoms with E-state index < -0.39 is 0 Å². The lowest BCUT2D eigenvalue weighted by atomic mass is 10.1.